The van der Waals surface area contributed by atoms with Crippen LogP contribution in [0.3, 0.4) is 0 Å². The molecule has 0 fully saturated rings. The Kier molecular flexibility index (Phi) is 3.24. The Morgan fingerprint density at radius 3 is 2.69 bits per heavy atom. The summed E-state index contributed by atoms with van der Waals surface area (Å²) in [4.78, 5) is 0. The van der Waals surface area contributed by atoms with Crippen molar-refractivity contribution in [1.29, 1.82) is 0 Å². The van der Waals surface area contributed by atoms with E-state index < -0.39 is 16.7 Å². The van der Waals surface area contributed by atoms with Crippen LogP contribution in [0.1, 0.15) is 5.56 Å². The van der Waals surface area contributed by atoms with Gasteiger partial charge in [0.15, 0.2) is 5.82 Å². The first kappa shape index (κ1) is 9.97. The number of aliphatic hydroxyl groups is 1. The molecule has 0 aliphatic heterocycles. The first-order chi connectivity index (χ1) is 6.16. The van der Waals surface area contributed by atoms with E-state index in [2.05, 4.69) is 11.8 Å². The average molecular weight is 203 g/mol. The molecule has 0 radical (unpaired) electrons. The van der Waals surface area contributed by atoms with Crippen LogP contribution >= 0.6 is 11.6 Å². The van der Waals surface area contributed by atoms with E-state index in [1.54, 1.807) is 0 Å². The molecule has 1 aromatic carbocycles. The van der Waals surface area contributed by atoms with Crippen LogP contribution in [-0.4, -0.2) is 11.7 Å². The first-order valence-electron chi connectivity index (χ1n) is 3.40. The Hall–Kier alpha value is -1.11. The van der Waals surface area contributed by atoms with Crippen LogP contribution in [0, 0.1) is 23.5 Å². The maximum absolute atomic E-state index is 13.0. The van der Waals surface area contributed by atoms with E-state index in [1.165, 1.54) is 6.07 Å². The highest BCUT2D eigenvalue weighted by atomic mass is 35.5. The van der Waals surface area contributed by atoms with Gasteiger partial charge in [-0.05, 0) is 12.1 Å². The number of aliphatic hydroxyl groups excluding tert-OH is 1. The molecule has 0 spiro atoms. The third-order valence-corrected chi connectivity index (χ3v) is 1.68. The van der Waals surface area contributed by atoms with Gasteiger partial charge in [-0.2, -0.15) is 0 Å². The summed E-state index contributed by atoms with van der Waals surface area (Å²) in [6.07, 6.45) is 0. The first-order valence-corrected chi connectivity index (χ1v) is 3.78. The maximum atomic E-state index is 13.0. The van der Waals surface area contributed by atoms with Crippen molar-refractivity contribution in [3.05, 3.63) is 34.4 Å². The van der Waals surface area contributed by atoms with Crippen LogP contribution in [0.2, 0.25) is 5.02 Å². The van der Waals surface area contributed by atoms with Crippen LogP contribution in [0.15, 0.2) is 12.1 Å². The van der Waals surface area contributed by atoms with Crippen LogP contribution in [0.5, 0.6) is 0 Å². The molecule has 0 saturated heterocycles. The molecule has 1 N–H and O–H groups in total. The summed E-state index contributed by atoms with van der Waals surface area (Å²) < 4.78 is 25.6. The highest BCUT2D eigenvalue weighted by Crippen LogP contribution is 2.20. The van der Waals surface area contributed by atoms with Gasteiger partial charge in [-0.3, -0.25) is 0 Å². The van der Waals surface area contributed by atoms with Crippen molar-refractivity contribution in [1.82, 2.24) is 0 Å². The molecule has 0 unspecified atom stereocenters. The van der Waals surface area contributed by atoms with E-state index in [4.69, 9.17) is 16.7 Å². The van der Waals surface area contributed by atoms with Crippen LogP contribution in [0.25, 0.3) is 0 Å². The van der Waals surface area contributed by atoms with Crippen LogP contribution < -0.4 is 0 Å². The predicted molar refractivity (Wildman–Crippen MR) is 45.3 cm³/mol. The molecule has 0 aliphatic rings. The van der Waals surface area contributed by atoms with Gasteiger partial charge < -0.3 is 5.11 Å². The van der Waals surface area contributed by atoms with Crippen molar-refractivity contribution < 1.29 is 13.9 Å². The van der Waals surface area contributed by atoms with E-state index in [9.17, 15) is 8.78 Å². The molecule has 0 amide bonds. The van der Waals surface area contributed by atoms with Gasteiger partial charge in [-0.15, -0.1) is 0 Å². The molecule has 0 aromatic heterocycles. The fourth-order valence-electron chi connectivity index (χ4n) is 0.757. The zero-order valence-electron chi connectivity index (χ0n) is 6.44. The van der Waals surface area contributed by atoms with Gasteiger partial charge in [0.05, 0.1) is 5.56 Å². The fourth-order valence-corrected chi connectivity index (χ4v) is 0.922. The van der Waals surface area contributed by atoms with E-state index in [1.807, 2.05) is 0 Å². The topological polar surface area (TPSA) is 20.2 Å². The summed E-state index contributed by atoms with van der Waals surface area (Å²) in [5, 5.41) is 7.76. The van der Waals surface area contributed by atoms with Crippen molar-refractivity contribution in [3.63, 3.8) is 0 Å². The van der Waals surface area contributed by atoms with Crippen molar-refractivity contribution in [2.24, 2.45) is 0 Å². The number of hydrogen-bond acceptors (Lipinski definition) is 1. The predicted octanol–water partition coefficient (Wildman–Crippen LogP) is 1.96. The molecule has 1 nitrogen and oxygen atoms in total. The third-order valence-electron chi connectivity index (χ3n) is 1.34. The molecule has 0 aliphatic carbocycles. The highest BCUT2D eigenvalue weighted by molar-refractivity contribution is 6.31. The molecule has 0 saturated carbocycles. The monoisotopic (exact) mass is 202 g/mol. The zero-order valence-corrected chi connectivity index (χ0v) is 7.20. The standard InChI is InChI=1S/C9H5ClF2O/c10-8-7(11)4-3-6(9(8)12)2-1-5-13/h3-4,13H,5H2. The minimum atomic E-state index is -0.900. The lowest BCUT2D eigenvalue weighted by atomic mass is 10.2. The Bertz CT molecular complexity index is 379. The quantitative estimate of drug-likeness (QED) is 0.504. The van der Waals surface area contributed by atoms with Gasteiger partial charge in [-0.1, -0.05) is 23.4 Å². The lowest BCUT2D eigenvalue weighted by Gasteiger charge is -1.97. The summed E-state index contributed by atoms with van der Waals surface area (Å²) in [6, 6.07) is 2.19. The van der Waals surface area contributed by atoms with Crippen LogP contribution in [-0.2, 0) is 0 Å². The molecule has 0 heterocycles. The average Bonchev–Trinajstić information content (AvgIpc) is 2.13. The Balaban J connectivity index is 3.18. The summed E-state index contributed by atoms with van der Waals surface area (Å²) in [5.74, 6) is 2.82. The summed E-state index contributed by atoms with van der Waals surface area (Å²) >= 11 is 5.28. The van der Waals surface area contributed by atoms with E-state index >= 15 is 0 Å². The SMILES string of the molecule is OCC#Cc1ccc(F)c(Cl)c1F. The lowest BCUT2D eigenvalue weighted by molar-refractivity contribution is 0.350. The summed E-state index contributed by atoms with van der Waals surface area (Å²) in [6.45, 7) is -0.381. The largest absolute Gasteiger partial charge is 0.384 e. The zero-order chi connectivity index (χ0) is 9.84. The summed E-state index contributed by atoms with van der Waals surface area (Å²) in [7, 11) is 0. The lowest BCUT2D eigenvalue weighted by Crippen LogP contribution is -1.89. The van der Waals surface area contributed by atoms with Crippen molar-refractivity contribution in [2.75, 3.05) is 6.61 Å². The van der Waals surface area contributed by atoms with Crippen molar-refractivity contribution in [3.8, 4) is 11.8 Å². The molecule has 0 atom stereocenters. The molecular formula is C9H5ClF2O. The van der Waals surface area contributed by atoms with Gasteiger partial charge in [0.1, 0.15) is 17.4 Å². The second-order valence-electron chi connectivity index (χ2n) is 2.18. The third kappa shape index (κ3) is 2.18. The van der Waals surface area contributed by atoms with Gasteiger partial charge in [0.25, 0.3) is 0 Å². The van der Waals surface area contributed by atoms with E-state index in [-0.39, 0.29) is 12.2 Å². The maximum Gasteiger partial charge on any atom is 0.160 e. The van der Waals surface area contributed by atoms with Crippen LogP contribution in [0.4, 0.5) is 8.78 Å². The van der Waals surface area contributed by atoms with E-state index in [0.29, 0.717) is 0 Å². The number of rotatable bonds is 0. The minimum absolute atomic E-state index is 0.0274. The van der Waals surface area contributed by atoms with Gasteiger partial charge in [0, 0.05) is 0 Å². The molecule has 13 heavy (non-hydrogen) atoms. The molecule has 68 valence electrons. The molecule has 0 bridgehead atoms. The van der Waals surface area contributed by atoms with Crippen molar-refractivity contribution in [2.45, 2.75) is 0 Å². The Morgan fingerprint density at radius 2 is 2.08 bits per heavy atom. The van der Waals surface area contributed by atoms with Crippen molar-refractivity contribution >= 4 is 11.6 Å². The number of hydrogen-bond donors (Lipinski definition) is 1. The molecule has 4 heteroatoms. The number of benzene rings is 1. The van der Waals surface area contributed by atoms with Gasteiger partial charge >= 0.3 is 0 Å². The molecule has 1 rings (SSSR count). The number of halogens is 3. The van der Waals surface area contributed by atoms with Gasteiger partial charge in [0.2, 0.25) is 0 Å². The van der Waals surface area contributed by atoms with E-state index in [0.717, 1.165) is 6.07 Å². The minimum Gasteiger partial charge on any atom is -0.384 e. The molecular weight excluding hydrogens is 198 g/mol. The Morgan fingerprint density at radius 1 is 1.38 bits per heavy atom. The normalized spacial score (nSPS) is 9.23. The smallest absolute Gasteiger partial charge is 0.160 e. The second kappa shape index (κ2) is 4.22. The second-order valence-corrected chi connectivity index (χ2v) is 2.56. The van der Waals surface area contributed by atoms with Gasteiger partial charge in [-0.25, -0.2) is 8.78 Å². The Labute approximate surface area is 79.0 Å². The highest BCUT2D eigenvalue weighted by Gasteiger charge is 2.09. The fraction of sp³-hybridized carbons (Fsp3) is 0.111. The molecule has 1 aromatic rings. The summed E-state index contributed by atoms with van der Waals surface area (Å²) in [5.41, 5.74) is -0.0274.